The summed E-state index contributed by atoms with van der Waals surface area (Å²) < 4.78 is 57.7. The van der Waals surface area contributed by atoms with Gasteiger partial charge in [-0.15, -0.1) is 0 Å². The van der Waals surface area contributed by atoms with Crippen LogP contribution in [0.4, 0.5) is 17.6 Å². The molecule has 2 rings (SSSR count). The Balaban J connectivity index is 2.53. The van der Waals surface area contributed by atoms with E-state index in [-0.39, 0.29) is 9.41 Å². The van der Waals surface area contributed by atoms with Gasteiger partial charge in [-0.1, -0.05) is 12.2 Å². The lowest BCUT2D eigenvalue weighted by Gasteiger charge is -2.24. The van der Waals surface area contributed by atoms with Crippen molar-refractivity contribution in [1.29, 1.82) is 0 Å². The van der Waals surface area contributed by atoms with Gasteiger partial charge in [0.25, 0.3) is 0 Å². The Morgan fingerprint density at radius 3 is 2.52 bits per heavy atom. The second-order valence-electron chi connectivity index (χ2n) is 4.45. The second kappa shape index (κ2) is 5.72. The lowest BCUT2D eigenvalue weighted by atomic mass is 9.99. The third kappa shape index (κ3) is 3.01. The van der Waals surface area contributed by atoms with Crippen LogP contribution >= 0.6 is 24.4 Å². The first-order chi connectivity index (χ1) is 9.66. The number of hydrogen-bond acceptors (Lipinski definition) is 5. The van der Waals surface area contributed by atoms with Gasteiger partial charge in [0, 0.05) is 6.20 Å². The minimum atomic E-state index is -4.83. The molecule has 2 heterocycles. The molecule has 1 saturated heterocycles. The van der Waals surface area contributed by atoms with Gasteiger partial charge in [-0.05, 0) is 12.2 Å². The van der Waals surface area contributed by atoms with Gasteiger partial charge in [0.2, 0.25) is 0 Å². The standard InChI is InChI=1S/C10H10F4N2O3S2/c11-3-1-16(9(21)15-7(3)20)8-5(10(12,13)14)6(18)4(2-17)19-8/h1,4-6,8,17-18H,2H2,(H,15,20,21)/t4-,5?,6?,8-/m1/s1. The molecule has 1 aliphatic heterocycles. The number of ether oxygens (including phenoxy) is 1. The number of alkyl halides is 3. The van der Waals surface area contributed by atoms with E-state index in [1.165, 1.54) is 0 Å². The number of aliphatic hydroxyl groups excluding tert-OH is 2. The number of rotatable bonds is 2. The van der Waals surface area contributed by atoms with Crippen LogP contribution in [0.2, 0.25) is 0 Å². The zero-order chi connectivity index (χ0) is 15.9. The monoisotopic (exact) mass is 346 g/mol. The number of halogens is 4. The number of hydrogen-bond donors (Lipinski definition) is 3. The molecule has 5 nitrogen and oxygen atoms in total. The molecule has 1 fully saturated rings. The Kier molecular flexibility index (Phi) is 4.49. The van der Waals surface area contributed by atoms with E-state index in [4.69, 9.17) is 22.1 Å². The number of aromatic amines is 1. The molecule has 0 aromatic carbocycles. The summed E-state index contributed by atoms with van der Waals surface area (Å²) in [7, 11) is 0. The topological polar surface area (TPSA) is 70.4 Å². The lowest BCUT2D eigenvalue weighted by molar-refractivity contribution is -0.211. The number of nitrogens with zero attached hydrogens (tertiary/aromatic N) is 1. The van der Waals surface area contributed by atoms with Gasteiger partial charge in [-0.25, -0.2) is 4.39 Å². The summed E-state index contributed by atoms with van der Waals surface area (Å²) in [6.07, 6.45) is -9.39. The van der Waals surface area contributed by atoms with E-state index < -0.39 is 43.0 Å². The van der Waals surface area contributed by atoms with Crippen molar-refractivity contribution in [2.24, 2.45) is 5.92 Å². The fourth-order valence-corrected chi connectivity index (χ4v) is 2.61. The van der Waals surface area contributed by atoms with E-state index in [0.717, 1.165) is 0 Å². The van der Waals surface area contributed by atoms with Crippen molar-refractivity contribution in [1.82, 2.24) is 9.55 Å². The molecule has 1 aromatic rings. The van der Waals surface area contributed by atoms with E-state index in [1.807, 2.05) is 0 Å². The van der Waals surface area contributed by atoms with Crippen molar-refractivity contribution in [3.05, 3.63) is 21.4 Å². The average molecular weight is 346 g/mol. The molecule has 0 bridgehead atoms. The summed E-state index contributed by atoms with van der Waals surface area (Å²) in [5.41, 5.74) is 0. The summed E-state index contributed by atoms with van der Waals surface area (Å²) in [6.45, 7) is -0.817. The minimum Gasteiger partial charge on any atom is -0.394 e. The Hall–Kier alpha value is -0.880. The lowest BCUT2D eigenvalue weighted by Crippen LogP contribution is -2.39. The zero-order valence-electron chi connectivity index (χ0n) is 10.2. The molecule has 3 N–H and O–H groups in total. The van der Waals surface area contributed by atoms with Crippen molar-refractivity contribution in [3.63, 3.8) is 0 Å². The van der Waals surface area contributed by atoms with E-state index in [2.05, 4.69) is 17.2 Å². The van der Waals surface area contributed by atoms with E-state index >= 15 is 0 Å². The predicted molar refractivity (Wildman–Crippen MR) is 67.0 cm³/mol. The van der Waals surface area contributed by atoms with E-state index in [1.54, 1.807) is 0 Å². The summed E-state index contributed by atoms with van der Waals surface area (Å²) in [4.78, 5) is 2.23. The van der Waals surface area contributed by atoms with E-state index in [9.17, 15) is 22.7 Å². The van der Waals surface area contributed by atoms with Crippen molar-refractivity contribution in [2.45, 2.75) is 24.6 Å². The number of nitrogens with one attached hydrogen (secondary N) is 1. The fraction of sp³-hybridized carbons (Fsp3) is 0.600. The van der Waals surface area contributed by atoms with Crippen LogP contribution in [0, 0.1) is 21.1 Å². The van der Waals surface area contributed by atoms with Crippen LogP contribution in [0.1, 0.15) is 6.23 Å². The Bertz CT molecular complexity index is 644. The maximum absolute atomic E-state index is 13.5. The van der Waals surface area contributed by atoms with Gasteiger partial charge in [-0.3, -0.25) is 4.57 Å². The molecule has 0 amide bonds. The van der Waals surface area contributed by atoms with Crippen LogP contribution in [0.15, 0.2) is 6.20 Å². The van der Waals surface area contributed by atoms with Crippen LogP contribution in [0.25, 0.3) is 0 Å². The Labute approximate surface area is 125 Å². The number of aliphatic hydroxyl groups is 2. The van der Waals surface area contributed by atoms with Crippen molar-refractivity contribution in [2.75, 3.05) is 6.61 Å². The summed E-state index contributed by atoms with van der Waals surface area (Å²) in [6, 6.07) is 0. The summed E-state index contributed by atoms with van der Waals surface area (Å²) in [5.74, 6) is -3.34. The Morgan fingerprint density at radius 1 is 1.38 bits per heavy atom. The summed E-state index contributed by atoms with van der Waals surface area (Å²) in [5, 5.41) is 18.6. The van der Waals surface area contributed by atoms with Gasteiger partial charge in [0.1, 0.15) is 16.7 Å². The van der Waals surface area contributed by atoms with Crippen molar-refractivity contribution < 1.29 is 32.5 Å². The molecule has 21 heavy (non-hydrogen) atoms. The molecule has 4 atom stereocenters. The number of H-pyrrole nitrogens is 1. The molecule has 0 spiro atoms. The molecule has 0 saturated carbocycles. The number of aromatic nitrogens is 2. The van der Waals surface area contributed by atoms with Crippen molar-refractivity contribution in [3.8, 4) is 0 Å². The summed E-state index contributed by atoms with van der Waals surface area (Å²) >= 11 is 9.39. The van der Waals surface area contributed by atoms with Gasteiger partial charge >= 0.3 is 6.18 Å². The molecule has 0 radical (unpaired) electrons. The maximum atomic E-state index is 13.5. The molecular formula is C10H10F4N2O3S2. The molecular weight excluding hydrogens is 336 g/mol. The quantitative estimate of drug-likeness (QED) is 0.563. The molecule has 0 aliphatic carbocycles. The van der Waals surface area contributed by atoms with Gasteiger partial charge in [-0.2, -0.15) is 13.2 Å². The van der Waals surface area contributed by atoms with Gasteiger partial charge in [0.05, 0.1) is 12.7 Å². The van der Waals surface area contributed by atoms with Crippen LogP contribution in [-0.4, -0.2) is 44.8 Å². The van der Waals surface area contributed by atoms with Crippen LogP contribution in [0.5, 0.6) is 0 Å². The Morgan fingerprint density at radius 2 is 2.00 bits per heavy atom. The predicted octanol–water partition coefficient (Wildman–Crippen LogP) is 1.84. The molecule has 2 unspecified atom stereocenters. The molecule has 1 aliphatic rings. The van der Waals surface area contributed by atoms with Crippen molar-refractivity contribution >= 4 is 24.4 Å². The van der Waals surface area contributed by atoms with Crippen LogP contribution in [0.3, 0.4) is 0 Å². The first-order valence-corrected chi connectivity index (χ1v) is 6.50. The smallest absolute Gasteiger partial charge is 0.394 e. The third-order valence-electron chi connectivity index (χ3n) is 3.13. The first kappa shape index (κ1) is 16.5. The molecule has 118 valence electrons. The second-order valence-corrected chi connectivity index (χ2v) is 5.24. The fourth-order valence-electron chi connectivity index (χ4n) is 2.14. The molecule has 1 aromatic heterocycles. The highest BCUT2D eigenvalue weighted by molar-refractivity contribution is 7.72. The largest absolute Gasteiger partial charge is 0.398 e. The first-order valence-electron chi connectivity index (χ1n) is 5.69. The highest BCUT2D eigenvalue weighted by Gasteiger charge is 2.58. The average Bonchev–Trinajstić information content (AvgIpc) is 2.70. The van der Waals surface area contributed by atoms with Crippen LogP contribution < -0.4 is 0 Å². The van der Waals surface area contributed by atoms with E-state index in [0.29, 0.717) is 10.8 Å². The molecule has 11 heteroatoms. The maximum Gasteiger partial charge on any atom is 0.398 e. The SMILES string of the molecule is OC[C@H]1O[C@@H](n2cc(F)c(=S)[nH]c2=S)C(C(F)(F)F)C1O. The highest BCUT2D eigenvalue weighted by Crippen LogP contribution is 2.44. The van der Waals surface area contributed by atoms with Gasteiger partial charge in [0.15, 0.2) is 16.8 Å². The normalized spacial score (nSPS) is 29.8. The minimum absolute atomic E-state index is 0.286. The third-order valence-corrected chi connectivity index (χ3v) is 3.74. The van der Waals surface area contributed by atoms with Crippen LogP contribution in [-0.2, 0) is 4.74 Å². The highest BCUT2D eigenvalue weighted by atomic mass is 32.1. The zero-order valence-corrected chi connectivity index (χ0v) is 11.8. The van der Waals surface area contributed by atoms with Gasteiger partial charge < -0.3 is 19.9 Å².